The van der Waals surface area contributed by atoms with Crippen LogP contribution in [0.3, 0.4) is 0 Å². The van der Waals surface area contributed by atoms with Gasteiger partial charge in [-0.1, -0.05) is 6.92 Å². The number of hydrogen-bond donors (Lipinski definition) is 1. The van der Waals surface area contributed by atoms with Crippen molar-refractivity contribution in [3.05, 3.63) is 0 Å². The molecule has 1 N–H and O–H groups in total. The molecule has 3 heterocycles. The van der Waals surface area contributed by atoms with Gasteiger partial charge in [-0.25, -0.2) is 0 Å². The van der Waals surface area contributed by atoms with Crippen LogP contribution < -0.4 is 5.32 Å². The minimum Gasteiger partial charge on any atom is -0.376 e. The Labute approximate surface area is 188 Å². The number of likely N-dealkylation sites (tertiary alicyclic amines) is 2. The van der Waals surface area contributed by atoms with E-state index in [0.29, 0.717) is 18.1 Å². The number of ether oxygens (including phenoxy) is 2. The lowest BCUT2D eigenvalue weighted by molar-refractivity contribution is -0.0721. The molecule has 0 aromatic heterocycles. The number of rotatable bonds is 7. The molecule has 0 aromatic rings. The molecule has 7 heteroatoms. The molecule has 164 valence electrons. The van der Waals surface area contributed by atoms with E-state index >= 15 is 0 Å². The maximum absolute atomic E-state index is 6.14. The van der Waals surface area contributed by atoms with Crippen molar-refractivity contribution in [2.45, 2.75) is 64.1 Å². The Hall–Kier alpha value is -0.120. The van der Waals surface area contributed by atoms with Gasteiger partial charge in [0.2, 0.25) is 0 Å². The number of nitrogens with one attached hydrogen (secondary N) is 1. The van der Waals surface area contributed by atoms with E-state index in [1.165, 1.54) is 45.3 Å². The van der Waals surface area contributed by atoms with E-state index in [-0.39, 0.29) is 24.0 Å². The number of guanidine groups is 1. The Morgan fingerprint density at radius 3 is 2.50 bits per heavy atom. The quantitative estimate of drug-likeness (QED) is 0.326. The van der Waals surface area contributed by atoms with Gasteiger partial charge in [0.1, 0.15) is 0 Å². The van der Waals surface area contributed by atoms with Crippen molar-refractivity contribution >= 4 is 29.9 Å². The molecule has 6 nitrogen and oxygen atoms in total. The van der Waals surface area contributed by atoms with Gasteiger partial charge < -0.3 is 24.6 Å². The zero-order chi connectivity index (χ0) is 18.9. The number of hydrogen-bond acceptors (Lipinski definition) is 4. The SMILES string of the molecule is CN=C(NCC(C)CN1CCCC1)N1CCC(OCC2CCCCO2)CC1.I. The summed E-state index contributed by atoms with van der Waals surface area (Å²) in [6.07, 6.45) is 9.24. The van der Waals surface area contributed by atoms with Gasteiger partial charge in [0.05, 0.1) is 18.8 Å². The van der Waals surface area contributed by atoms with Crippen LogP contribution in [0.4, 0.5) is 0 Å². The van der Waals surface area contributed by atoms with E-state index in [2.05, 4.69) is 27.0 Å². The van der Waals surface area contributed by atoms with Gasteiger partial charge in [-0.2, -0.15) is 0 Å². The van der Waals surface area contributed by atoms with Gasteiger partial charge >= 0.3 is 0 Å². The maximum atomic E-state index is 6.14. The third-order valence-corrected chi connectivity index (χ3v) is 6.12. The average Bonchev–Trinajstić information content (AvgIpc) is 3.21. The van der Waals surface area contributed by atoms with Crippen LogP contribution in [0.25, 0.3) is 0 Å². The monoisotopic (exact) mass is 508 g/mol. The molecule has 0 aliphatic carbocycles. The molecule has 3 saturated heterocycles. The number of piperidine rings is 1. The molecule has 3 fully saturated rings. The van der Waals surface area contributed by atoms with Crippen molar-refractivity contribution in [2.75, 3.05) is 59.5 Å². The second-order valence-electron chi connectivity index (χ2n) is 8.55. The normalized spacial score (nSPS) is 26.1. The van der Waals surface area contributed by atoms with Gasteiger partial charge in [0, 0.05) is 39.8 Å². The minimum atomic E-state index is 0. The fourth-order valence-electron chi connectivity index (χ4n) is 4.48. The molecular formula is C21H41IN4O2. The lowest BCUT2D eigenvalue weighted by Gasteiger charge is -2.35. The Morgan fingerprint density at radius 2 is 1.86 bits per heavy atom. The lowest BCUT2D eigenvalue weighted by atomic mass is 10.1. The molecular weight excluding hydrogens is 467 g/mol. The van der Waals surface area contributed by atoms with Crippen LogP contribution in [0.5, 0.6) is 0 Å². The summed E-state index contributed by atoms with van der Waals surface area (Å²) in [5, 5.41) is 3.60. The van der Waals surface area contributed by atoms with Crippen molar-refractivity contribution in [3.8, 4) is 0 Å². The highest BCUT2D eigenvalue weighted by Crippen LogP contribution is 2.18. The molecule has 0 saturated carbocycles. The highest BCUT2D eigenvalue weighted by Gasteiger charge is 2.24. The second-order valence-corrected chi connectivity index (χ2v) is 8.55. The summed E-state index contributed by atoms with van der Waals surface area (Å²) in [5.74, 6) is 1.70. The molecule has 0 aromatic carbocycles. The fourth-order valence-corrected chi connectivity index (χ4v) is 4.48. The zero-order valence-corrected chi connectivity index (χ0v) is 20.2. The number of halogens is 1. The Balaban J connectivity index is 0.00000280. The van der Waals surface area contributed by atoms with Gasteiger partial charge in [-0.05, 0) is 64.0 Å². The molecule has 0 radical (unpaired) electrons. The predicted octanol–water partition coefficient (Wildman–Crippen LogP) is 2.96. The minimum absolute atomic E-state index is 0. The van der Waals surface area contributed by atoms with E-state index in [1.807, 2.05) is 7.05 Å². The molecule has 2 atom stereocenters. The van der Waals surface area contributed by atoms with E-state index in [1.54, 1.807) is 0 Å². The van der Waals surface area contributed by atoms with Gasteiger partial charge in [-0.15, -0.1) is 24.0 Å². The van der Waals surface area contributed by atoms with Crippen molar-refractivity contribution in [3.63, 3.8) is 0 Å². The van der Waals surface area contributed by atoms with Crippen LogP contribution >= 0.6 is 24.0 Å². The molecule has 0 amide bonds. The maximum Gasteiger partial charge on any atom is 0.193 e. The standard InChI is InChI=1S/C21H40N4O2.HI/c1-18(16-24-10-4-5-11-24)15-23-21(22-2)25-12-8-19(9-13-25)27-17-20-7-3-6-14-26-20;/h18-20H,3-17H2,1-2H3,(H,22,23);1H. The molecule has 0 bridgehead atoms. The summed E-state index contributed by atoms with van der Waals surface area (Å²) in [6.45, 7) is 10.8. The number of aliphatic imine (C=N–C) groups is 1. The number of nitrogens with zero attached hydrogens (tertiary/aromatic N) is 3. The van der Waals surface area contributed by atoms with E-state index < -0.39 is 0 Å². The Morgan fingerprint density at radius 1 is 1.11 bits per heavy atom. The average molecular weight is 508 g/mol. The van der Waals surface area contributed by atoms with Gasteiger partial charge in [0.25, 0.3) is 0 Å². The summed E-state index contributed by atoms with van der Waals surface area (Å²) in [6, 6.07) is 0. The van der Waals surface area contributed by atoms with Crippen LogP contribution in [0.1, 0.15) is 51.9 Å². The van der Waals surface area contributed by atoms with Gasteiger partial charge in [0.15, 0.2) is 5.96 Å². The largest absolute Gasteiger partial charge is 0.376 e. The van der Waals surface area contributed by atoms with Crippen LogP contribution in [0.15, 0.2) is 4.99 Å². The first-order valence-electron chi connectivity index (χ1n) is 11.2. The highest BCUT2D eigenvalue weighted by atomic mass is 127. The smallest absolute Gasteiger partial charge is 0.193 e. The van der Waals surface area contributed by atoms with Crippen LogP contribution in [-0.2, 0) is 9.47 Å². The third kappa shape index (κ3) is 7.95. The van der Waals surface area contributed by atoms with E-state index in [0.717, 1.165) is 58.1 Å². The Bertz CT molecular complexity index is 446. The summed E-state index contributed by atoms with van der Waals surface area (Å²) < 4.78 is 11.9. The summed E-state index contributed by atoms with van der Waals surface area (Å²) in [4.78, 5) is 9.50. The molecule has 3 aliphatic rings. The first-order chi connectivity index (χ1) is 13.2. The molecule has 2 unspecified atom stereocenters. The summed E-state index contributed by atoms with van der Waals surface area (Å²) in [7, 11) is 1.90. The van der Waals surface area contributed by atoms with Crippen molar-refractivity contribution < 1.29 is 9.47 Å². The van der Waals surface area contributed by atoms with Crippen molar-refractivity contribution in [2.24, 2.45) is 10.9 Å². The fraction of sp³-hybridized carbons (Fsp3) is 0.952. The third-order valence-electron chi connectivity index (χ3n) is 6.12. The zero-order valence-electron chi connectivity index (χ0n) is 17.9. The highest BCUT2D eigenvalue weighted by molar-refractivity contribution is 14.0. The summed E-state index contributed by atoms with van der Waals surface area (Å²) >= 11 is 0. The van der Waals surface area contributed by atoms with Crippen LogP contribution in [0.2, 0.25) is 0 Å². The molecule has 3 rings (SSSR count). The Kier molecular flexibility index (Phi) is 11.4. The summed E-state index contributed by atoms with van der Waals surface area (Å²) in [5.41, 5.74) is 0. The lowest BCUT2D eigenvalue weighted by Crippen LogP contribution is -2.48. The predicted molar refractivity (Wildman–Crippen MR) is 126 cm³/mol. The van der Waals surface area contributed by atoms with Gasteiger partial charge in [-0.3, -0.25) is 4.99 Å². The van der Waals surface area contributed by atoms with Crippen molar-refractivity contribution in [1.29, 1.82) is 0 Å². The molecule has 28 heavy (non-hydrogen) atoms. The van der Waals surface area contributed by atoms with Crippen LogP contribution in [0, 0.1) is 5.92 Å². The molecule has 0 spiro atoms. The van der Waals surface area contributed by atoms with Crippen LogP contribution in [-0.4, -0.2) is 87.5 Å². The topological polar surface area (TPSA) is 49.3 Å². The first kappa shape index (κ1) is 24.2. The second kappa shape index (κ2) is 13.2. The molecule has 3 aliphatic heterocycles. The van der Waals surface area contributed by atoms with Crippen molar-refractivity contribution in [1.82, 2.24) is 15.1 Å². The van der Waals surface area contributed by atoms with E-state index in [9.17, 15) is 0 Å². The first-order valence-corrected chi connectivity index (χ1v) is 11.2. The van der Waals surface area contributed by atoms with E-state index in [4.69, 9.17) is 9.47 Å².